The van der Waals surface area contributed by atoms with Crippen LogP contribution in [0.3, 0.4) is 0 Å². The number of para-hydroxylation sites is 1. The van der Waals surface area contributed by atoms with Gasteiger partial charge >= 0.3 is 0 Å². The molecule has 1 rings (SSSR count). The van der Waals surface area contributed by atoms with E-state index in [0.717, 1.165) is 11.3 Å². The number of nitrogens with zero attached hydrogens (tertiary/aromatic N) is 2. The molecule has 15 heavy (non-hydrogen) atoms. The lowest BCUT2D eigenvalue weighted by atomic mass is 10.2. The highest BCUT2D eigenvalue weighted by molar-refractivity contribution is 6.33. The van der Waals surface area contributed by atoms with Crippen molar-refractivity contribution in [1.29, 1.82) is 0 Å². The number of halogens is 1. The first-order valence-corrected chi connectivity index (χ1v) is 4.91. The Morgan fingerprint density at radius 3 is 2.67 bits per heavy atom. The van der Waals surface area contributed by atoms with E-state index in [1.165, 1.54) is 0 Å². The Morgan fingerprint density at radius 2 is 2.13 bits per heavy atom. The molecule has 5 heteroatoms. The number of aryl methyl sites for hydroxylation is 1. The Bertz CT molecular complexity index is 353. The minimum absolute atomic E-state index is 0.398. The smallest absolute Gasteiger partial charge is 0.213 e. The number of anilines is 1. The minimum atomic E-state index is 0.398. The molecule has 1 aromatic rings. The van der Waals surface area contributed by atoms with E-state index in [2.05, 4.69) is 10.5 Å². The van der Waals surface area contributed by atoms with E-state index in [1.807, 2.05) is 33.2 Å². The van der Waals surface area contributed by atoms with Crippen LogP contribution in [0.2, 0.25) is 5.02 Å². The van der Waals surface area contributed by atoms with Crippen LogP contribution in [0, 0.1) is 6.92 Å². The van der Waals surface area contributed by atoms with Gasteiger partial charge < -0.3 is 10.6 Å². The van der Waals surface area contributed by atoms with Crippen molar-refractivity contribution in [3.63, 3.8) is 0 Å². The number of nitrogens with one attached hydrogen (secondary N) is 1. The second-order valence-corrected chi connectivity index (χ2v) is 3.82. The molecule has 3 N–H and O–H groups in total. The zero-order valence-electron chi connectivity index (χ0n) is 9.08. The average molecular weight is 227 g/mol. The zero-order chi connectivity index (χ0) is 11.4. The van der Waals surface area contributed by atoms with Crippen LogP contribution in [0.4, 0.5) is 5.69 Å². The molecule has 0 heterocycles. The van der Waals surface area contributed by atoms with Gasteiger partial charge in [-0.3, -0.25) is 5.43 Å². The predicted molar refractivity (Wildman–Crippen MR) is 65.1 cm³/mol. The summed E-state index contributed by atoms with van der Waals surface area (Å²) in [5.74, 6) is 0.398. The number of hydrazone groups is 1. The first-order valence-electron chi connectivity index (χ1n) is 4.54. The molecule has 0 fully saturated rings. The standard InChI is InChI=1S/C10H15ClN4/c1-7-5-4-6-8(11)9(7)13-14-10(12)15(2)3/h4-6,13H,1-3H3,(H2,12,14). The van der Waals surface area contributed by atoms with E-state index in [4.69, 9.17) is 17.3 Å². The fourth-order valence-corrected chi connectivity index (χ4v) is 1.25. The Labute approximate surface area is 94.7 Å². The second-order valence-electron chi connectivity index (χ2n) is 3.41. The summed E-state index contributed by atoms with van der Waals surface area (Å²) in [6, 6.07) is 5.65. The number of hydrogen-bond acceptors (Lipinski definition) is 2. The topological polar surface area (TPSA) is 53.6 Å². The molecule has 1 aromatic carbocycles. The van der Waals surface area contributed by atoms with Crippen LogP contribution in [-0.2, 0) is 0 Å². The van der Waals surface area contributed by atoms with Crippen molar-refractivity contribution in [2.75, 3.05) is 19.5 Å². The van der Waals surface area contributed by atoms with Gasteiger partial charge in [0.15, 0.2) is 0 Å². The number of rotatable bonds is 2. The summed E-state index contributed by atoms with van der Waals surface area (Å²) in [5, 5.41) is 4.63. The SMILES string of the molecule is Cc1cccc(Cl)c1N/N=C(\N)N(C)C. The molecule has 0 aliphatic rings. The molecule has 0 saturated heterocycles. The fraction of sp³-hybridized carbons (Fsp3) is 0.300. The minimum Gasteiger partial charge on any atom is -0.368 e. The first-order chi connectivity index (χ1) is 7.02. The van der Waals surface area contributed by atoms with Gasteiger partial charge in [-0.05, 0) is 18.6 Å². The van der Waals surface area contributed by atoms with Gasteiger partial charge in [0.1, 0.15) is 0 Å². The molecule has 0 atom stereocenters. The third-order valence-electron chi connectivity index (χ3n) is 1.96. The molecule has 0 aromatic heterocycles. The molecule has 0 saturated carbocycles. The maximum Gasteiger partial charge on any atom is 0.213 e. The molecule has 0 aliphatic carbocycles. The summed E-state index contributed by atoms with van der Waals surface area (Å²) < 4.78 is 0. The summed E-state index contributed by atoms with van der Waals surface area (Å²) in [7, 11) is 3.64. The maximum atomic E-state index is 6.01. The average Bonchev–Trinajstić information content (AvgIpc) is 2.16. The van der Waals surface area contributed by atoms with Crippen molar-refractivity contribution in [1.82, 2.24) is 4.90 Å². The Hall–Kier alpha value is -1.42. The van der Waals surface area contributed by atoms with E-state index in [0.29, 0.717) is 11.0 Å². The van der Waals surface area contributed by atoms with Gasteiger partial charge in [0.2, 0.25) is 5.96 Å². The van der Waals surface area contributed by atoms with Crippen LogP contribution in [0.1, 0.15) is 5.56 Å². The van der Waals surface area contributed by atoms with E-state index in [9.17, 15) is 0 Å². The summed E-state index contributed by atoms with van der Waals surface area (Å²) in [4.78, 5) is 1.71. The van der Waals surface area contributed by atoms with Crippen molar-refractivity contribution in [3.8, 4) is 0 Å². The predicted octanol–water partition coefficient (Wildman–Crippen LogP) is 1.85. The van der Waals surface area contributed by atoms with Crippen molar-refractivity contribution < 1.29 is 0 Å². The molecular formula is C10H15ClN4. The molecule has 82 valence electrons. The van der Waals surface area contributed by atoms with Crippen LogP contribution in [0.15, 0.2) is 23.3 Å². The van der Waals surface area contributed by atoms with Crippen LogP contribution >= 0.6 is 11.6 Å². The van der Waals surface area contributed by atoms with Gasteiger partial charge in [0.05, 0.1) is 10.7 Å². The van der Waals surface area contributed by atoms with Crippen molar-refractivity contribution in [3.05, 3.63) is 28.8 Å². The molecule has 0 aliphatic heterocycles. The van der Waals surface area contributed by atoms with Gasteiger partial charge in [-0.15, -0.1) is 5.10 Å². The molecular weight excluding hydrogens is 212 g/mol. The number of benzene rings is 1. The fourth-order valence-electron chi connectivity index (χ4n) is 0.987. The highest BCUT2D eigenvalue weighted by Crippen LogP contribution is 2.24. The first kappa shape index (κ1) is 11.7. The Morgan fingerprint density at radius 1 is 1.47 bits per heavy atom. The monoisotopic (exact) mass is 226 g/mol. The van der Waals surface area contributed by atoms with Crippen LogP contribution in [0.5, 0.6) is 0 Å². The summed E-state index contributed by atoms with van der Waals surface area (Å²) >= 11 is 6.01. The van der Waals surface area contributed by atoms with Gasteiger partial charge in [0, 0.05) is 14.1 Å². The van der Waals surface area contributed by atoms with E-state index >= 15 is 0 Å². The van der Waals surface area contributed by atoms with Gasteiger partial charge in [-0.25, -0.2) is 0 Å². The number of hydrogen-bond donors (Lipinski definition) is 2. The van der Waals surface area contributed by atoms with Gasteiger partial charge in [-0.1, -0.05) is 23.7 Å². The largest absolute Gasteiger partial charge is 0.368 e. The van der Waals surface area contributed by atoms with E-state index in [1.54, 1.807) is 11.0 Å². The molecule has 0 spiro atoms. The van der Waals surface area contributed by atoms with Crippen LogP contribution < -0.4 is 11.2 Å². The molecule has 0 amide bonds. The molecule has 4 nitrogen and oxygen atoms in total. The van der Waals surface area contributed by atoms with Crippen molar-refractivity contribution in [2.45, 2.75) is 6.92 Å². The number of guanidine groups is 1. The van der Waals surface area contributed by atoms with E-state index in [-0.39, 0.29) is 0 Å². The molecule has 0 radical (unpaired) electrons. The third kappa shape index (κ3) is 3.02. The maximum absolute atomic E-state index is 6.01. The quantitative estimate of drug-likeness (QED) is 0.460. The normalized spacial score (nSPS) is 11.3. The van der Waals surface area contributed by atoms with Crippen LogP contribution in [0.25, 0.3) is 0 Å². The highest BCUT2D eigenvalue weighted by atomic mass is 35.5. The van der Waals surface area contributed by atoms with Crippen molar-refractivity contribution >= 4 is 23.2 Å². The van der Waals surface area contributed by atoms with Gasteiger partial charge in [0.25, 0.3) is 0 Å². The Kier molecular flexibility index (Phi) is 3.80. The van der Waals surface area contributed by atoms with Crippen molar-refractivity contribution in [2.24, 2.45) is 10.8 Å². The van der Waals surface area contributed by atoms with E-state index < -0.39 is 0 Å². The third-order valence-corrected chi connectivity index (χ3v) is 2.28. The lowest BCUT2D eigenvalue weighted by molar-refractivity contribution is 0.613. The highest BCUT2D eigenvalue weighted by Gasteiger charge is 2.02. The van der Waals surface area contributed by atoms with Gasteiger partial charge in [-0.2, -0.15) is 0 Å². The summed E-state index contributed by atoms with van der Waals surface area (Å²) in [6.45, 7) is 1.95. The number of nitrogens with two attached hydrogens (primary N) is 1. The lowest BCUT2D eigenvalue weighted by Gasteiger charge is -2.12. The lowest BCUT2D eigenvalue weighted by Crippen LogP contribution is -2.31. The zero-order valence-corrected chi connectivity index (χ0v) is 9.84. The molecule has 0 unspecified atom stereocenters. The second kappa shape index (κ2) is 4.89. The summed E-state index contributed by atoms with van der Waals surface area (Å²) in [6.07, 6.45) is 0. The van der Waals surface area contributed by atoms with Crippen LogP contribution in [-0.4, -0.2) is 25.0 Å². The Balaban J connectivity index is 2.86. The summed E-state index contributed by atoms with van der Waals surface area (Å²) in [5.41, 5.74) is 10.3. The molecule has 0 bridgehead atoms.